The Labute approximate surface area is 219 Å². The van der Waals surface area contributed by atoms with Crippen molar-refractivity contribution in [3.63, 3.8) is 0 Å². The van der Waals surface area contributed by atoms with Gasteiger partial charge in [-0.3, -0.25) is 0 Å². The second-order valence-electron chi connectivity index (χ2n) is 8.34. The number of ether oxygens (including phenoxy) is 2. The highest BCUT2D eigenvalue weighted by molar-refractivity contribution is 6.71. The minimum Gasteiger partial charge on any atom is -0.463 e. The van der Waals surface area contributed by atoms with Gasteiger partial charge in [0.05, 0.1) is 12.7 Å². The second kappa shape index (κ2) is 21.7. The van der Waals surface area contributed by atoms with E-state index < -0.39 is 29.2 Å². The van der Waals surface area contributed by atoms with Gasteiger partial charge in [-0.05, 0) is 65.7 Å². The molecule has 0 spiro atoms. The molecule has 12 heteroatoms. The van der Waals surface area contributed by atoms with E-state index in [2.05, 4.69) is 26.3 Å². The summed E-state index contributed by atoms with van der Waals surface area (Å²) < 4.78 is 32.7. The molecule has 36 heavy (non-hydrogen) atoms. The quantitative estimate of drug-likeness (QED) is 0.100. The molecular weight excluding hydrogens is 502 g/mol. The first kappa shape index (κ1) is 36.8. The van der Waals surface area contributed by atoms with Crippen molar-refractivity contribution >= 4 is 29.1 Å². The van der Waals surface area contributed by atoms with Gasteiger partial charge in [0.25, 0.3) is 0 Å². The minimum absolute atomic E-state index is 0.110. The molecule has 0 fully saturated rings. The van der Waals surface area contributed by atoms with E-state index in [1.54, 1.807) is 7.11 Å². The molecule has 2 unspecified atom stereocenters. The summed E-state index contributed by atoms with van der Waals surface area (Å²) in [4.78, 5) is 21.7. The Bertz CT molecular complexity index is 603. The van der Waals surface area contributed by atoms with Crippen molar-refractivity contribution in [2.75, 3.05) is 46.7 Å². The molecule has 0 amide bonds. The van der Waals surface area contributed by atoms with Crippen molar-refractivity contribution in [3.8, 4) is 0 Å². The highest BCUT2D eigenvalue weighted by atomic mass is 28.4. The molecule has 0 aromatic carbocycles. The second-order valence-corrected chi connectivity index (χ2v) is 15.7. The van der Waals surface area contributed by atoms with Crippen molar-refractivity contribution < 1.29 is 41.9 Å². The lowest BCUT2D eigenvalue weighted by Gasteiger charge is -2.36. The molecule has 3 N–H and O–H groups in total. The Morgan fingerprint density at radius 3 is 1.89 bits per heavy atom. The zero-order chi connectivity index (χ0) is 28.0. The third-order valence-electron chi connectivity index (χ3n) is 5.08. The fourth-order valence-corrected chi connectivity index (χ4v) is 7.63. The van der Waals surface area contributed by atoms with Crippen LogP contribution in [-0.2, 0) is 36.8 Å². The molecule has 0 aliphatic rings. The lowest BCUT2D eigenvalue weighted by Crippen LogP contribution is -2.52. The molecule has 0 bridgehead atoms. The molecule has 0 saturated carbocycles. The van der Waals surface area contributed by atoms with Gasteiger partial charge in [0.2, 0.25) is 0 Å². The maximum absolute atomic E-state index is 11.1. The Morgan fingerprint density at radius 2 is 1.47 bits per heavy atom. The van der Waals surface area contributed by atoms with Gasteiger partial charge in [0.15, 0.2) is 8.32 Å². The van der Waals surface area contributed by atoms with Crippen molar-refractivity contribution in [3.05, 3.63) is 25.3 Å². The third kappa shape index (κ3) is 17.1. The molecule has 0 aliphatic carbocycles. The van der Waals surface area contributed by atoms with Crippen LogP contribution in [0.25, 0.3) is 0 Å². The number of carbonyl (C=O) groups excluding carboxylic acids is 2. The maximum atomic E-state index is 11.1. The summed E-state index contributed by atoms with van der Waals surface area (Å²) in [5, 5.41) is 10.2. The van der Waals surface area contributed by atoms with Crippen LogP contribution in [0.1, 0.15) is 40.0 Å². The largest absolute Gasteiger partial charge is 0.504 e. The Morgan fingerprint density at radius 1 is 0.972 bits per heavy atom. The van der Waals surface area contributed by atoms with Gasteiger partial charge in [0.1, 0.15) is 6.61 Å². The van der Waals surface area contributed by atoms with E-state index in [1.165, 1.54) is 6.08 Å². The standard InChI is InChI=1S/C15H31NO6Si.C9H18O3Si/c1-5-15(18)19-12-13(17)11-14(9-10-16)23(20-6-2,21-7-3)22-8-4;1-5-9(10)12-7-6-8-13(3,4)11-2/h5,13-14,17H,1,6-12,16H2,2-4H3;5H,1,6-8H2,2-4H3. The third-order valence-corrected chi connectivity index (χ3v) is 11.3. The van der Waals surface area contributed by atoms with E-state index in [1.807, 2.05) is 20.8 Å². The Hall–Kier alpha value is -1.39. The Kier molecular flexibility index (Phi) is 22.1. The van der Waals surface area contributed by atoms with E-state index in [9.17, 15) is 14.7 Å². The number of nitrogens with two attached hydrogens (primary N) is 1. The summed E-state index contributed by atoms with van der Waals surface area (Å²) in [5.41, 5.74) is 5.55. The normalized spacial score (nSPS) is 13.1. The molecule has 2 atom stereocenters. The number of carbonyl (C=O) groups is 2. The SMILES string of the molecule is C=CC(=O)OCC(O)CC(CCN)[Si](OCC)(OCC)OCC.C=CC(=O)OCCC[Si](C)(C)OC. The fraction of sp³-hybridized carbons (Fsp3) is 0.750. The Balaban J connectivity index is 0. The first-order valence-electron chi connectivity index (χ1n) is 12.4. The average Bonchev–Trinajstić information content (AvgIpc) is 2.85. The van der Waals surface area contributed by atoms with E-state index in [0.29, 0.717) is 45.8 Å². The predicted octanol–water partition coefficient (Wildman–Crippen LogP) is 3.19. The van der Waals surface area contributed by atoms with Crippen LogP contribution in [0.2, 0.25) is 24.7 Å². The van der Waals surface area contributed by atoms with Gasteiger partial charge in [-0.1, -0.05) is 13.2 Å². The number of esters is 2. The lowest BCUT2D eigenvalue weighted by molar-refractivity contribution is -0.141. The van der Waals surface area contributed by atoms with Crippen LogP contribution in [0.4, 0.5) is 0 Å². The number of hydrogen-bond donors (Lipinski definition) is 2. The van der Waals surface area contributed by atoms with Crippen LogP contribution in [0.5, 0.6) is 0 Å². The van der Waals surface area contributed by atoms with Crippen molar-refractivity contribution in [2.45, 2.75) is 70.8 Å². The highest BCUT2D eigenvalue weighted by Crippen LogP contribution is 2.33. The lowest BCUT2D eigenvalue weighted by atomic mass is 10.1. The predicted molar refractivity (Wildman–Crippen MR) is 145 cm³/mol. The van der Waals surface area contributed by atoms with Gasteiger partial charge >= 0.3 is 20.7 Å². The summed E-state index contributed by atoms with van der Waals surface area (Å²) in [6, 6.07) is 1.01. The zero-order valence-corrected chi connectivity index (χ0v) is 25.1. The van der Waals surface area contributed by atoms with Crippen LogP contribution >= 0.6 is 0 Å². The highest BCUT2D eigenvalue weighted by Gasteiger charge is 2.49. The van der Waals surface area contributed by atoms with E-state index in [-0.39, 0.29) is 18.1 Å². The first-order valence-corrected chi connectivity index (χ1v) is 17.4. The van der Waals surface area contributed by atoms with Gasteiger partial charge in [-0.25, -0.2) is 9.59 Å². The number of aliphatic hydroxyl groups is 1. The molecule has 10 nitrogen and oxygen atoms in total. The molecular formula is C24H49NO9Si2. The van der Waals surface area contributed by atoms with Crippen molar-refractivity contribution in [1.82, 2.24) is 0 Å². The molecule has 0 heterocycles. The maximum Gasteiger partial charge on any atom is 0.504 e. The summed E-state index contributed by atoms with van der Waals surface area (Å²) in [7, 11) is -2.71. The number of aliphatic hydroxyl groups excluding tert-OH is 1. The molecule has 0 aromatic heterocycles. The van der Waals surface area contributed by atoms with Crippen molar-refractivity contribution in [2.24, 2.45) is 5.73 Å². The van der Waals surface area contributed by atoms with Crippen molar-refractivity contribution in [1.29, 1.82) is 0 Å². The van der Waals surface area contributed by atoms with Crippen LogP contribution in [0.15, 0.2) is 25.3 Å². The molecule has 0 saturated heterocycles. The summed E-state index contributed by atoms with van der Waals surface area (Å²) in [6.07, 6.45) is 3.19. The number of rotatable bonds is 20. The van der Waals surface area contributed by atoms with E-state index in [0.717, 1.165) is 18.5 Å². The first-order chi connectivity index (χ1) is 17.0. The molecule has 212 valence electrons. The van der Waals surface area contributed by atoms with Gasteiger partial charge < -0.3 is 38.0 Å². The minimum atomic E-state index is -2.97. The summed E-state index contributed by atoms with van der Waals surface area (Å²) in [5.74, 6) is -0.917. The number of hydrogen-bond acceptors (Lipinski definition) is 10. The van der Waals surface area contributed by atoms with E-state index in [4.69, 9.17) is 32.9 Å². The van der Waals surface area contributed by atoms with Crippen LogP contribution in [0, 0.1) is 0 Å². The van der Waals surface area contributed by atoms with Gasteiger partial charge in [0, 0.05) is 44.6 Å². The smallest absolute Gasteiger partial charge is 0.463 e. The van der Waals surface area contributed by atoms with Crippen LogP contribution in [0.3, 0.4) is 0 Å². The van der Waals surface area contributed by atoms with E-state index >= 15 is 0 Å². The molecule has 0 aliphatic heterocycles. The summed E-state index contributed by atoms with van der Waals surface area (Å²) in [6.45, 7) is 18.7. The zero-order valence-electron chi connectivity index (χ0n) is 23.1. The van der Waals surface area contributed by atoms with Gasteiger partial charge in [-0.15, -0.1) is 0 Å². The molecule has 0 aromatic rings. The topological polar surface area (TPSA) is 136 Å². The summed E-state index contributed by atoms with van der Waals surface area (Å²) >= 11 is 0. The average molecular weight is 552 g/mol. The fourth-order valence-electron chi connectivity index (χ4n) is 3.19. The van der Waals surface area contributed by atoms with Crippen LogP contribution in [-0.4, -0.2) is 87.0 Å². The van der Waals surface area contributed by atoms with Crippen LogP contribution < -0.4 is 5.73 Å². The monoisotopic (exact) mass is 551 g/mol. The molecule has 0 rings (SSSR count). The molecule has 0 radical (unpaired) electrons. The van der Waals surface area contributed by atoms with Gasteiger partial charge in [-0.2, -0.15) is 0 Å².